The Morgan fingerprint density at radius 2 is 1.88 bits per heavy atom. The predicted octanol–water partition coefficient (Wildman–Crippen LogP) is 4.31. The van der Waals surface area contributed by atoms with Gasteiger partial charge in [0.2, 0.25) is 0 Å². The number of likely N-dealkylation sites (tertiary alicyclic amines) is 1. The molecule has 1 saturated heterocycles. The van der Waals surface area contributed by atoms with Crippen molar-refractivity contribution in [1.82, 2.24) is 9.88 Å². The first kappa shape index (κ1) is 17.7. The summed E-state index contributed by atoms with van der Waals surface area (Å²) in [5, 5.41) is 0. The van der Waals surface area contributed by atoms with E-state index in [1.54, 1.807) is 14.2 Å². The van der Waals surface area contributed by atoms with Gasteiger partial charge in [-0.25, -0.2) is 0 Å². The number of benzene rings is 1. The lowest BCUT2D eigenvalue weighted by Crippen LogP contribution is -2.18. The van der Waals surface area contributed by atoms with Crippen molar-refractivity contribution in [2.45, 2.75) is 39.2 Å². The number of ether oxygens (including phenoxy) is 2. The molecular formula is C21H28N2O2. The highest BCUT2D eigenvalue weighted by atomic mass is 16.5. The topological polar surface area (TPSA) is 34.6 Å². The largest absolute Gasteiger partial charge is 0.493 e. The van der Waals surface area contributed by atoms with Gasteiger partial charge in [0.05, 0.1) is 19.9 Å². The monoisotopic (exact) mass is 340 g/mol. The molecule has 0 saturated carbocycles. The summed E-state index contributed by atoms with van der Waals surface area (Å²) in [4.78, 5) is 7.11. The van der Waals surface area contributed by atoms with Crippen LogP contribution in [0.15, 0.2) is 30.5 Å². The van der Waals surface area contributed by atoms with Crippen LogP contribution >= 0.6 is 0 Å². The third-order valence-corrected chi connectivity index (χ3v) is 4.80. The Kier molecular flexibility index (Phi) is 5.92. The molecule has 1 fully saturated rings. The molecule has 2 heterocycles. The Morgan fingerprint density at radius 3 is 2.56 bits per heavy atom. The number of nitrogens with zero attached hydrogens (tertiary/aromatic N) is 2. The lowest BCUT2D eigenvalue weighted by molar-refractivity contribution is 0.331. The Bertz CT molecular complexity index is 709. The third kappa shape index (κ3) is 4.13. The molecule has 1 aliphatic heterocycles. The van der Waals surface area contributed by atoms with Gasteiger partial charge in [-0.3, -0.25) is 9.88 Å². The molecule has 0 amide bonds. The van der Waals surface area contributed by atoms with Crippen LogP contribution in [0.5, 0.6) is 11.5 Å². The first-order chi connectivity index (χ1) is 12.2. The van der Waals surface area contributed by atoms with Gasteiger partial charge in [0.1, 0.15) is 0 Å². The average molecular weight is 340 g/mol. The molecule has 2 aromatic rings. The van der Waals surface area contributed by atoms with E-state index in [0.29, 0.717) is 0 Å². The van der Waals surface area contributed by atoms with E-state index in [0.717, 1.165) is 42.1 Å². The number of pyridine rings is 1. The number of hydrogen-bond acceptors (Lipinski definition) is 4. The minimum Gasteiger partial charge on any atom is -0.493 e. The van der Waals surface area contributed by atoms with Gasteiger partial charge in [-0.2, -0.15) is 0 Å². The molecule has 134 valence electrons. The molecule has 0 N–H and O–H groups in total. The molecule has 4 nitrogen and oxygen atoms in total. The summed E-state index contributed by atoms with van der Waals surface area (Å²) in [6.07, 6.45) is 6.56. The third-order valence-electron chi connectivity index (χ3n) is 4.80. The van der Waals surface area contributed by atoms with Crippen molar-refractivity contribution in [2.24, 2.45) is 0 Å². The van der Waals surface area contributed by atoms with Crippen molar-refractivity contribution in [3.8, 4) is 22.8 Å². The van der Waals surface area contributed by atoms with Crippen molar-refractivity contribution >= 4 is 0 Å². The van der Waals surface area contributed by atoms with Crippen molar-refractivity contribution < 1.29 is 9.47 Å². The normalized spacial score (nSPS) is 14.7. The van der Waals surface area contributed by atoms with Gasteiger partial charge in [0.15, 0.2) is 11.5 Å². The summed E-state index contributed by atoms with van der Waals surface area (Å²) < 4.78 is 11.1. The summed E-state index contributed by atoms with van der Waals surface area (Å²) in [7, 11) is 3.39. The summed E-state index contributed by atoms with van der Waals surface area (Å²) >= 11 is 0. The number of rotatable bonds is 7. The zero-order valence-corrected chi connectivity index (χ0v) is 15.5. The average Bonchev–Trinajstić information content (AvgIpc) is 3.14. The van der Waals surface area contributed by atoms with Crippen molar-refractivity contribution in [3.63, 3.8) is 0 Å². The van der Waals surface area contributed by atoms with Gasteiger partial charge in [-0.05, 0) is 67.7 Å². The molecule has 4 heteroatoms. The SMILES string of the molecule is CCCc1cc(-c2cc(CN3CCCC3)ccn2)cc(OC)c1OC. The van der Waals surface area contributed by atoms with Crippen LogP contribution in [0, 0.1) is 0 Å². The standard InChI is InChI=1S/C21H28N2O2/c1-4-7-17-13-18(14-20(24-2)21(17)25-3)19-12-16(8-9-22-19)15-23-10-5-6-11-23/h8-9,12-14H,4-7,10-11,15H2,1-3H3. The maximum absolute atomic E-state index is 5.57. The smallest absolute Gasteiger partial charge is 0.163 e. The Morgan fingerprint density at radius 1 is 1.08 bits per heavy atom. The van der Waals surface area contributed by atoms with E-state index in [-0.39, 0.29) is 0 Å². The van der Waals surface area contributed by atoms with Crippen LogP contribution in [0.1, 0.15) is 37.3 Å². The molecule has 1 aliphatic rings. The van der Waals surface area contributed by atoms with Gasteiger partial charge in [0.25, 0.3) is 0 Å². The van der Waals surface area contributed by atoms with Crippen molar-refractivity contribution in [1.29, 1.82) is 0 Å². The van der Waals surface area contributed by atoms with E-state index in [9.17, 15) is 0 Å². The molecule has 0 radical (unpaired) electrons. The molecule has 0 unspecified atom stereocenters. The zero-order valence-electron chi connectivity index (χ0n) is 15.5. The van der Waals surface area contributed by atoms with Crippen LogP contribution < -0.4 is 9.47 Å². The molecular weight excluding hydrogens is 312 g/mol. The first-order valence-electron chi connectivity index (χ1n) is 9.17. The molecule has 0 atom stereocenters. The van der Waals surface area contributed by atoms with E-state index in [1.165, 1.54) is 37.1 Å². The highest BCUT2D eigenvalue weighted by Gasteiger charge is 2.15. The van der Waals surface area contributed by atoms with Gasteiger partial charge in [0, 0.05) is 18.3 Å². The van der Waals surface area contributed by atoms with Gasteiger partial charge in [-0.1, -0.05) is 13.3 Å². The van der Waals surface area contributed by atoms with Crippen LogP contribution in [0.3, 0.4) is 0 Å². The quantitative estimate of drug-likeness (QED) is 0.752. The number of aromatic nitrogens is 1. The lowest BCUT2D eigenvalue weighted by atomic mass is 10.0. The molecule has 0 spiro atoms. The zero-order chi connectivity index (χ0) is 17.6. The summed E-state index contributed by atoms with van der Waals surface area (Å²) in [6.45, 7) is 5.58. The highest BCUT2D eigenvalue weighted by Crippen LogP contribution is 2.36. The summed E-state index contributed by atoms with van der Waals surface area (Å²) in [6, 6.07) is 8.54. The minimum atomic E-state index is 0.773. The Balaban J connectivity index is 1.93. The molecule has 25 heavy (non-hydrogen) atoms. The maximum Gasteiger partial charge on any atom is 0.163 e. The lowest BCUT2D eigenvalue weighted by Gasteiger charge is -2.16. The molecule has 3 rings (SSSR count). The molecule has 0 aliphatic carbocycles. The highest BCUT2D eigenvalue weighted by molar-refractivity contribution is 5.67. The van der Waals surface area contributed by atoms with Crippen molar-refractivity contribution in [2.75, 3.05) is 27.3 Å². The maximum atomic E-state index is 5.57. The second-order valence-corrected chi connectivity index (χ2v) is 6.65. The molecule has 0 bridgehead atoms. The summed E-state index contributed by atoms with van der Waals surface area (Å²) in [5.74, 6) is 1.61. The molecule has 1 aromatic heterocycles. The number of hydrogen-bond donors (Lipinski definition) is 0. The number of methoxy groups -OCH3 is 2. The predicted molar refractivity (Wildman–Crippen MR) is 101 cm³/mol. The van der Waals surface area contributed by atoms with Crippen LogP contribution in [-0.2, 0) is 13.0 Å². The van der Waals surface area contributed by atoms with Crippen LogP contribution in [0.25, 0.3) is 11.3 Å². The van der Waals surface area contributed by atoms with E-state index >= 15 is 0 Å². The second kappa shape index (κ2) is 8.34. The first-order valence-corrected chi connectivity index (χ1v) is 9.17. The molecule has 1 aromatic carbocycles. The van der Waals surface area contributed by atoms with Crippen molar-refractivity contribution in [3.05, 3.63) is 41.6 Å². The fraction of sp³-hybridized carbons (Fsp3) is 0.476. The van der Waals surface area contributed by atoms with E-state index in [2.05, 4.69) is 35.0 Å². The van der Waals surface area contributed by atoms with Crippen LogP contribution in [0.2, 0.25) is 0 Å². The second-order valence-electron chi connectivity index (χ2n) is 6.65. The number of aryl methyl sites for hydroxylation is 1. The Labute approximate surface area is 150 Å². The van der Waals surface area contributed by atoms with E-state index < -0.39 is 0 Å². The van der Waals surface area contributed by atoms with Gasteiger partial charge >= 0.3 is 0 Å². The Hall–Kier alpha value is -2.07. The fourth-order valence-corrected chi connectivity index (χ4v) is 3.58. The summed E-state index contributed by atoms with van der Waals surface area (Å²) in [5.41, 5.74) is 4.57. The fourth-order valence-electron chi connectivity index (χ4n) is 3.58. The minimum absolute atomic E-state index is 0.773. The van der Waals surface area contributed by atoms with E-state index in [4.69, 9.17) is 9.47 Å². The van der Waals surface area contributed by atoms with E-state index in [1.807, 2.05) is 12.3 Å². The van der Waals surface area contributed by atoms with Crippen LogP contribution in [0.4, 0.5) is 0 Å². The van der Waals surface area contributed by atoms with Gasteiger partial charge < -0.3 is 9.47 Å². The van der Waals surface area contributed by atoms with Gasteiger partial charge in [-0.15, -0.1) is 0 Å². The van der Waals surface area contributed by atoms with Crippen LogP contribution in [-0.4, -0.2) is 37.2 Å².